The highest BCUT2D eigenvalue weighted by atomic mass is 32.2. The third kappa shape index (κ3) is 3.10. The van der Waals surface area contributed by atoms with Crippen molar-refractivity contribution in [2.75, 3.05) is 25.3 Å². The second-order valence-electron chi connectivity index (χ2n) is 4.11. The molecule has 1 N–H and O–H groups in total. The highest BCUT2D eigenvalue weighted by molar-refractivity contribution is 8.14. The van der Waals surface area contributed by atoms with Gasteiger partial charge in [0.05, 0.1) is 25.9 Å². The van der Waals surface area contributed by atoms with Gasteiger partial charge in [-0.05, 0) is 25.5 Å². The van der Waals surface area contributed by atoms with Crippen molar-refractivity contribution >= 4 is 22.6 Å². The lowest BCUT2D eigenvalue weighted by molar-refractivity contribution is 0.405. The van der Waals surface area contributed by atoms with E-state index in [4.69, 9.17) is 9.47 Å². The highest BCUT2D eigenvalue weighted by Crippen LogP contribution is 2.30. The van der Waals surface area contributed by atoms with Crippen molar-refractivity contribution in [3.05, 3.63) is 18.2 Å². The summed E-state index contributed by atoms with van der Waals surface area (Å²) in [5.74, 6) is 2.68. The minimum atomic E-state index is 0.380. The number of anilines is 1. The fourth-order valence-corrected chi connectivity index (χ4v) is 2.81. The van der Waals surface area contributed by atoms with Crippen LogP contribution in [0.3, 0.4) is 0 Å². The van der Waals surface area contributed by atoms with Crippen molar-refractivity contribution in [2.45, 2.75) is 19.4 Å². The summed E-state index contributed by atoms with van der Waals surface area (Å²) in [6.07, 6.45) is 1.13. The summed E-state index contributed by atoms with van der Waals surface area (Å²) in [7, 11) is 3.31. The molecule has 1 aliphatic heterocycles. The Morgan fingerprint density at radius 2 is 2.17 bits per heavy atom. The largest absolute Gasteiger partial charge is 0.497 e. The van der Waals surface area contributed by atoms with E-state index in [0.29, 0.717) is 6.04 Å². The molecule has 0 bridgehead atoms. The van der Waals surface area contributed by atoms with E-state index in [0.717, 1.165) is 34.5 Å². The Hall–Kier alpha value is -1.36. The molecule has 2 rings (SSSR count). The molecule has 1 heterocycles. The van der Waals surface area contributed by atoms with Crippen molar-refractivity contribution < 1.29 is 9.47 Å². The predicted octanol–water partition coefficient (Wildman–Crippen LogP) is 3.00. The molecule has 0 saturated heterocycles. The molecular weight excluding hydrogens is 248 g/mol. The lowest BCUT2D eigenvalue weighted by Crippen LogP contribution is -2.18. The zero-order valence-corrected chi connectivity index (χ0v) is 11.7. The minimum absolute atomic E-state index is 0.380. The van der Waals surface area contributed by atoms with Crippen molar-refractivity contribution in [1.82, 2.24) is 0 Å². The number of nitrogens with zero attached hydrogens (tertiary/aromatic N) is 1. The van der Waals surface area contributed by atoms with E-state index in [2.05, 4.69) is 17.2 Å². The monoisotopic (exact) mass is 266 g/mol. The smallest absolute Gasteiger partial charge is 0.161 e. The second-order valence-corrected chi connectivity index (χ2v) is 5.20. The van der Waals surface area contributed by atoms with Crippen LogP contribution in [0.5, 0.6) is 11.5 Å². The van der Waals surface area contributed by atoms with E-state index in [1.54, 1.807) is 26.0 Å². The van der Waals surface area contributed by atoms with Gasteiger partial charge in [-0.2, -0.15) is 0 Å². The number of rotatable bonds is 3. The van der Waals surface area contributed by atoms with Crippen molar-refractivity contribution in [2.24, 2.45) is 4.99 Å². The van der Waals surface area contributed by atoms with E-state index in [-0.39, 0.29) is 0 Å². The molecule has 5 heteroatoms. The molecule has 0 saturated carbocycles. The topological polar surface area (TPSA) is 42.9 Å². The first-order valence-corrected chi connectivity index (χ1v) is 6.91. The maximum absolute atomic E-state index is 5.33. The average molecular weight is 266 g/mol. The maximum Gasteiger partial charge on any atom is 0.161 e. The molecule has 0 aromatic heterocycles. The predicted molar refractivity (Wildman–Crippen MR) is 77.1 cm³/mol. The number of methoxy groups -OCH3 is 2. The van der Waals surface area contributed by atoms with E-state index in [1.807, 2.05) is 18.2 Å². The van der Waals surface area contributed by atoms with Gasteiger partial charge in [0, 0.05) is 11.8 Å². The first-order chi connectivity index (χ1) is 8.72. The number of ether oxygens (including phenoxy) is 2. The summed E-state index contributed by atoms with van der Waals surface area (Å²) in [6.45, 7) is 2.13. The Balaban J connectivity index is 2.21. The Morgan fingerprint density at radius 3 is 2.83 bits per heavy atom. The minimum Gasteiger partial charge on any atom is -0.497 e. The molecule has 98 valence electrons. The van der Waals surface area contributed by atoms with Crippen LogP contribution in [0.2, 0.25) is 0 Å². The summed E-state index contributed by atoms with van der Waals surface area (Å²) in [6, 6.07) is 6.06. The lowest BCUT2D eigenvalue weighted by atomic mass is 10.2. The number of hydrogen-bond donors (Lipinski definition) is 1. The van der Waals surface area contributed by atoms with Gasteiger partial charge in [0.25, 0.3) is 0 Å². The normalized spacial score (nSPS) is 19.1. The second kappa shape index (κ2) is 6.00. The number of hydrogen-bond acceptors (Lipinski definition) is 5. The Bertz CT molecular complexity index is 449. The Kier molecular flexibility index (Phi) is 4.36. The molecule has 0 amide bonds. The number of thioether (sulfide) groups is 1. The molecule has 1 unspecified atom stereocenters. The SMILES string of the molecule is COc1ccc(OC)c(NC2=NC(C)CCS2)c1. The van der Waals surface area contributed by atoms with E-state index in [9.17, 15) is 0 Å². The molecule has 0 spiro atoms. The third-order valence-electron chi connectivity index (χ3n) is 2.76. The quantitative estimate of drug-likeness (QED) is 0.913. The van der Waals surface area contributed by atoms with Crippen LogP contribution in [0.4, 0.5) is 5.69 Å². The molecule has 1 aromatic carbocycles. The summed E-state index contributed by atoms with van der Waals surface area (Å²) in [5, 5.41) is 4.26. The van der Waals surface area contributed by atoms with Crippen molar-refractivity contribution in [3.63, 3.8) is 0 Å². The van der Waals surface area contributed by atoms with Crippen molar-refractivity contribution in [1.29, 1.82) is 0 Å². The van der Waals surface area contributed by atoms with Gasteiger partial charge < -0.3 is 14.8 Å². The number of benzene rings is 1. The lowest BCUT2D eigenvalue weighted by Gasteiger charge is -2.19. The summed E-state index contributed by atoms with van der Waals surface area (Å²) >= 11 is 1.74. The zero-order valence-electron chi connectivity index (χ0n) is 10.9. The van der Waals surface area contributed by atoms with Gasteiger partial charge >= 0.3 is 0 Å². The average Bonchev–Trinajstić information content (AvgIpc) is 2.38. The number of amidine groups is 1. The van der Waals surface area contributed by atoms with E-state index < -0.39 is 0 Å². The summed E-state index contributed by atoms with van der Waals surface area (Å²) < 4.78 is 10.6. The maximum atomic E-state index is 5.33. The highest BCUT2D eigenvalue weighted by Gasteiger charge is 2.13. The molecule has 1 aromatic rings. The molecule has 0 radical (unpaired) electrons. The number of nitrogens with one attached hydrogen (secondary N) is 1. The van der Waals surface area contributed by atoms with Gasteiger partial charge in [0.2, 0.25) is 0 Å². The van der Waals surface area contributed by atoms with Crippen LogP contribution in [0.1, 0.15) is 13.3 Å². The van der Waals surface area contributed by atoms with Gasteiger partial charge in [-0.25, -0.2) is 0 Å². The van der Waals surface area contributed by atoms with Crippen LogP contribution in [0.25, 0.3) is 0 Å². The molecule has 18 heavy (non-hydrogen) atoms. The van der Waals surface area contributed by atoms with Crippen LogP contribution in [0.15, 0.2) is 23.2 Å². The molecule has 0 aliphatic carbocycles. The molecule has 1 atom stereocenters. The molecule has 1 aliphatic rings. The Labute approximate surface area is 112 Å². The van der Waals surface area contributed by atoms with Gasteiger partial charge in [-0.3, -0.25) is 4.99 Å². The van der Waals surface area contributed by atoms with Crippen LogP contribution in [0, 0.1) is 0 Å². The molecule has 0 fully saturated rings. The van der Waals surface area contributed by atoms with Gasteiger partial charge in [0.15, 0.2) is 5.17 Å². The third-order valence-corrected chi connectivity index (χ3v) is 3.68. The molecule has 4 nitrogen and oxygen atoms in total. The summed E-state index contributed by atoms with van der Waals surface area (Å²) in [5.41, 5.74) is 0.886. The number of aliphatic imine (C=N–C) groups is 1. The summed E-state index contributed by atoms with van der Waals surface area (Å²) in [4.78, 5) is 4.58. The Morgan fingerprint density at radius 1 is 1.33 bits per heavy atom. The fraction of sp³-hybridized carbons (Fsp3) is 0.462. The van der Waals surface area contributed by atoms with Gasteiger partial charge in [-0.15, -0.1) is 0 Å². The van der Waals surface area contributed by atoms with Crippen LogP contribution in [-0.4, -0.2) is 31.2 Å². The zero-order chi connectivity index (χ0) is 13.0. The van der Waals surface area contributed by atoms with Gasteiger partial charge in [0.1, 0.15) is 11.5 Å². The van der Waals surface area contributed by atoms with Crippen molar-refractivity contribution in [3.8, 4) is 11.5 Å². The molecular formula is C13H18N2O2S. The van der Waals surface area contributed by atoms with Crippen LogP contribution >= 0.6 is 11.8 Å². The van der Waals surface area contributed by atoms with Crippen LogP contribution in [-0.2, 0) is 0 Å². The fourth-order valence-electron chi connectivity index (χ4n) is 1.72. The van der Waals surface area contributed by atoms with E-state index in [1.165, 1.54) is 0 Å². The van der Waals surface area contributed by atoms with Gasteiger partial charge in [-0.1, -0.05) is 11.8 Å². The van der Waals surface area contributed by atoms with E-state index >= 15 is 0 Å². The first-order valence-electron chi connectivity index (χ1n) is 5.92. The first kappa shape index (κ1) is 13.1. The standard InChI is InChI=1S/C13H18N2O2S/c1-9-6-7-18-13(14-9)15-11-8-10(16-2)4-5-12(11)17-3/h4-5,8-9H,6-7H2,1-3H3,(H,14,15). The van der Waals surface area contributed by atoms with Crippen LogP contribution < -0.4 is 14.8 Å².